The quantitative estimate of drug-likeness (QED) is 0.682. The first-order valence-corrected chi connectivity index (χ1v) is 9.39. The standard InChI is InChI=1S/C23H21N3O2/c27-22(25-20-4-2-12-24-15-20)5-1-3-16-6-8-17(9-7-16)18-10-11-19-14-23(28)26-21(19)13-18/h2,4,6-13,15H,1,3,5,14H2,(H,25,27)(H,26,28). The number of nitrogens with zero attached hydrogens (tertiary/aromatic N) is 1. The van der Waals surface area contributed by atoms with Crippen molar-refractivity contribution in [1.82, 2.24) is 4.98 Å². The van der Waals surface area contributed by atoms with Crippen LogP contribution in [0.1, 0.15) is 24.0 Å². The number of rotatable bonds is 6. The second-order valence-corrected chi connectivity index (χ2v) is 6.94. The van der Waals surface area contributed by atoms with Crippen LogP contribution in [-0.2, 0) is 22.4 Å². The molecule has 28 heavy (non-hydrogen) atoms. The third-order valence-electron chi connectivity index (χ3n) is 4.84. The zero-order valence-corrected chi connectivity index (χ0v) is 15.4. The summed E-state index contributed by atoms with van der Waals surface area (Å²) in [7, 11) is 0. The van der Waals surface area contributed by atoms with Crippen molar-refractivity contribution in [2.75, 3.05) is 10.6 Å². The number of pyridine rings is 1. The van der Waals surface area contributed by atoms with Crippen LogP contribution in [0.5, 0.6) is 0 Å². The molecule has 0 fully saturated rings. The van der Waals surface area contributed by atoms with E-state index in [0.29, 0.717) is 12.8 Å². The van der Waals surface area contributed by atoms with E-state index in [1.54, 1.807) is 18.5 Å². The Morgan fingerprint density at radius 2 is 1.89 bits per heavy atom. The lowest BCUT2D eigenvalue weighted by Gasteiger charge is -2.07. The van der Waals surface area contributed by atoms with E-state index in [1.807, 2.05) is 18.2 Å². The Balaban J connectivity index is 1.31. The summed E-state index contributed by atoms with van der Waals surface area (Å²) >= 11 is 0. The van der Waals surface area contributed by atoms with Crippen molar-refractivity contribution >= 4 is 23.2 Å². The average Bonchev–Trinajstić information content (AvgIpc) is 3.08. The van der Waals surface area contributed by atoms with Gasteiger partial charge in [-0.3, -0.25) is 14.6 Å². The number of carbonyl (C=O) groups excluding carboxylic acids is 2. The molecule has 2 heterocycles. The molecular formula is C23H21N3O2. The van der Waals surface area contributed by atoms with Gasteiger partial charge < -0.3 is 10.6 Å². The molecule has 1 aliphatic rings. The summed E-state index contributed by atoms with van der Waals surface area (Å²) in [5.74, 6) is 0.0554. The van der Waals surface area contributed by atoms with Gasteiger partial charge in [-0.1, -0.05) is 36.4 Å². The fraction of sp³-hybridized carbons (Fsp3) is 0.174. The zero-order chi connectivity index (χ0) is 19.3. The number of hydrogen-bond donors (Lipinski definition) is 2. The monoisotopic (exact) mass is 371 g/mol. The number of hydrogen-bond acceptors (Lipinski definition) is 3. The molecule has 2 N–H and O–H groups in total. The molecule has 0 bridgehead atoms. The lowest BCUT2D eigenvalue weighted by molar-refractivity contribution is -0.116. The fourth-order valence-electron chi connectivity index (χ4n) is 3.37. The number of aryl methyl sites for hydroxylation is 1. The molecule has 140 valence electrons. The van der Waals surface area contributed by atoms with Crippen molar-refractivity contribution in [2.45, 2.75) is 25.7 Å². The Bertz CT molecular complexity index is 998. The first-order valence-electron chi connectivity index (χ1n) is 9.39. The van der Waals surface area contributed by atoms with Crippen LogP contribution in [0.25, 0.3) is 11.1 Å². The molecule has 2 aromatic carbocycles. The maximum Gasteiger partial charge on any atom is 0.228 e. The number of aromatic nitrogens is 1. The topological polar surface area (TPSA) is 71.1 Å². The summed E-state index contributed by atoms with van der Waals surface area (Å²) in [6.45, 7) is 0. The van der Waals surface area contributed by atoms with E-state index in [2.05, 4.69) is 45.9 Å². The van der Waals surface area contributed by atoms with E-state index in [-0.39, 0.29) is 11.8 Å². The predicted molar refractivity (Wildman–Crippen MR) is 110 cm³/mol. The zero-order valence-electron chi connectivity index (χ0n) is 15.4. The fourth-order valence-corrected chi connectivity index (χ4v) is 3.37. The molecule has 2 amide bonds. The minimum absolute atomic E-state index is 0.00445. The van der Waals surface area contributed by atoms with Crippen molar-refractivity contribution < 1.29 is 9.59 Å². The minimum Gasteiger partial charge on any atom is -0.326 e. The van der Waals surface area contributed by atoms with E-state index in [1.165, 1.54) is 5.56 Å². The van der Waals surface area contributed by atoms with E-state index < -0.39 is 0 Å². The second kappa shape index (κ2) is 8.05. The summed E-state index contributed by atoms with van der Waals surface area (Å²) in [6.07, 6.45) is 5.89. The maximum absolute atomic E-state index is 12.0. The summed E-state index contributed by atoms with van der Waals surface area (Å²) in [5, 5.41) is 5.74. The molecule has 0 radical (unpaired) electrons. The Morgan fingerprint density at radius 3 is 2.68 bits per heavy atom. The number of carbonyl (C=O) groups is 2. The number of amides is 2. The lowest BCUT2D eigenvalue weighted by Crippen LogP contribution is -2.11. The van der Waals surface area contributed by atoms with Crippen LogP contribution in [0.15, 0.2) is 67.0 Å². The largest absolute Gasteiger partial charge is 0.326 e. The van der Waals surface area contributed by atoms with Crippen LogP contribution in [0.4, 0.5) is 11.4 Å². The van der Waals surface area contributed by atoms with Gasteiger partial charge in [0, 0.05) is 18.3 Å². The van der Waals surface area contributed by atoms with Gasteiger partial charge >= 0.3 is 0 Å². The lowest BCUT2D eigenvalue weighted by atomic mass is 10.00. The molecule has 0 saturated heterocycles. The molecule has 0 unspecified atom stereocenters. The van der Waals surface area contributed by atoms with Crippen LogP contribution in [-0.4, -0.2) is 16.8 Å². The number of nitrogens with one attached hydrogen (secondary N) is 2. The molecule has 5 nitrogen and oxygen atoms in total. The molecule has 4 rings (SSSR count). The minimum atomic E-state index is 0.00445. The van der Waals surface area contributed by atoms with Crippen LogP contribution in [0.2, 0.25) is 0 Å². The Hall–Kier alpha value is -3.47. The van der Waals surface area contributed by atoms with Gasteiger partial charge in [0.15, 0.2) is 0 Å². The van der Waals surface area contributed by atoms with Crippen LogP contribution >= 0.6 is 0 Å². The van der Waals surface area contributed by atoms with Gasteiger partial charge in [-0.25, -0.2) is 0 Å². The molecule has 0 atom stereocenters. The third kappa shape index (κ3) is 4.26. The van der Waals surface area contributed by atoms with E-state index >= 15 is 0 Å². The molecular weight excluding hydrogens is 350 g/mol. The van der Waals surface area contributed by atoms with Crippen LogP contribution < -0.4 is 10.6 Å². The first-order chi connectivity index (χ1) is 13.7. The van der Waals surface area contributed by atoms with E-state index in [0.717, 1.165) is 40.9 Å². The molecule has 1 aromatic heterocycles. The van der Waals surface area contributed by atoms with Gasteiger partial charge in [-0.2, -0.15) is 0 Å². The second-order valence-electron chi connectivity index (χ2n) is 6.94. The number of fused-ring (bicyclic) bond motifs is 1. The molecule has 0 saturated carbocycles. The van der Waals surface area contributed by atoms with Crippen molar-refractivity contribution in [2.24, 2.45) is 0 Å². The highest BCUT2D eigenvalue weighted by Crippen LogP contribution is 2.29. The summed E-state index contributed by atoms with van der Waals surface area (Å²) in [4.78, 5) is 27.5. The van der Waals surface area contributed by atoms with Gasteiger partial charge in [-0.15, -0.1) is 0 Å². The van der Waals surface area contributed by atoms with Crippen molar-refractivity contribution in [3.05, 3.63) is 78.1 Å². The maximum atomic E-state index is 12.0. The molecule has 0 spiro atoms. The average molecular weight is 371 g/mol. The Morgan fingerprint density at radius 1 is 1.07 bits per heavy atom. The third-order valence-corrected chi connectivity index (χ3v) is 4.84. The number of benzene rings is 2. The summed E-state index contributed by atoms with van der Waals surface area (Å²) in [5.41, 5.74) is 6.08. The Kier molecular flexibility index (Phi) is 5.15. The van der Waals surface area contributed by atoms with Crippen molar-refractivity contribution in [3.63, 3.8) is 0 Å². The molecule has 1 aliphatic heterocycles. The van der Waals surface area contributed by atoms with Crippen LogP contribution in [0, 0.1) is 0 Å². The van der Waals surface area contributed by atoms with Gasteiger partial charge in [0.25, 0.3) is 0 Å². The van der Waals surface area contributed by atoms with E-state index in [4.69, 9.17) is 0 Å². The van der Waals surface area contributed by atoms with Gasteiger partial charge in [0.05, 0.1) is 18.3 Å². The van der Waals surface area contributed by atoms with Gasteiger partial charge in [0.1, 0.15) is 0 Å². The highest BCUT2D eigenvalue weighted by molar-refractivity contribution is 6.00. The van der Waals surface area contributed by atoms with Crippen molar-refractivity contribution in [3.8, 4) is 11.1 Å². The normalized spacial score (nSPS) is 12.4. The highest BCUT2D eigenvalue weighted by Gasteiger charge is 2.17. The van der Waals surface area contributed by atoms with Crippen molar-refractivity contribution in [1.29, 1.82) is 0 Å². The number of anilines is 2. The smallest absolute Gasteiger partial charge is 0.228 e. The highest BCUT2D eigenvalue weighted by atomic mass is 16.2. The SMILES string of the molecule is O=C(CCCc1ccc(-c2ccc3c(c2)NC(=O)C3)cc1)Nc1cccnc1. The summed E-state index contributed by atoms with van der Waals surface area (Å²) in [6, 6.07) is 18.1. The molecule has 3 aromatic rings. The van der Waals surface area contributed by atoms with Gasteiger partial charge in [-0.05, 0) is 53.3 Å². The summed E-state index contributed by atoms with van der Waals surface area (Å²) < 4.78 is 0. The Labute approximate surface area is 163 Å². The van der Waals surface area contributed by atoms with Gasteiger partial charge in [0.2, 0.25) is 11.8 Å². The van der Waals surface area contributed by atoms with Crippen LogP contribution in [0.3, 0.4) is 0 Å². The molecule has 5 heteroatoms. The van der Waals surface area contributed by atoms with E-state index in [9.17, 15) is 9.59 Å². The predicted octanol–water partition coefficient (Wildman–Crippen LogP) is 4.20. The molecule has 0 aliphatic carbocycles. The first kappa shape index (κ1) is 17.9.